The van der Waals surface area contributed by atoms with Crippen LogP contribution in [-0.2, 0) is 0 Å². The summed E-state index contributed by atoms with van der Waals surface area (Å²) >= 11 is 9.75. The van der Waals surface area contributed by atoms with Crippen molar-refractivity contribution in [2.75, 3.05) is 13.1 Å². The number of nitrogens with two attached hydrogens (primary N) is 1. The van der Waals surface area contributed by atoms with Crippen LogP contribution in [0.15, 0.2) is 22.7 Å². The van der Waals surface area contributed by atoms with Gasteiger partial charge in [-0.15, -0.1) is 0 Å². The number of rotatable bonds is 2. The number of likely N-dealkylation sites (tertiary alicyclic amines) is 1. The van der Waals surface area contributed by atoms with Gasteiger partial charge in [0.05, 0.1) is 6.04 Å². The molecule has 2 rings (SSSR count). The first-order valence-corrected chi connectivity index (χ1v) is 6.75. The molecule has 2 nitrogen and oxygen atoms in total. The van der Waals surface area contributed by atoms with E-state index in [4.69, 9.17) is 17.3 Å². The van der Waals surface area contributed by atoms with Crippen LogP contribution in [0.3, 0.4) is 0 Å². The van der Waals surface area contributed by atoms with Crippen molar-refractivity contribution in [3.05, 3.63) is 33.3 Å². The van der Waals surface area contributed by atoms with Crippen molar-refractivity contribution in [1.82, 2.24) is 4.90 Å². The SMILES string of the molecule is CCN1CCC(N)C1c1cc(Br)ccc1Cl. The minimum Gasteiger partial charge on any atom is -0.326 e. The quantitative estimate of drug-likeness (QED) is 0.909. The zero-order valence-corrected chi connectivity index (χ0v) is 11.6. The summed E-state index contributed by atoms with van der Waals surface area (Å²) in [4.78, 5) is 2.39. The molecule has 0 spiro atoms. The Morgan fingerprint density at radius 1 is 1.56 bits per heavy atom. The van der Waals surface area contributed by atoms with Gasteiger partial charge in [-0.05, 0) is 36.7 Å². The maximum atomic E-state index is 6.26. The van der Waals surface area contributed by atoms with Gasteiger partial charge < -0.3 is 5.73 Å². The minimum absolute atomic E-state index is 0.187. The second-order valence-electron chi connectivity index (χ2n) is 4.19. The van der Waals surface area contributed by atoms with Crippen molar-refractivity contribution in [3.8, 4) is 0 Å². The van der Waals surface area contributed by atoms with Gasteiger partial charge in [0.2, 0.25) is 0 Å². The second kappa shape index (κ2) is 5.05. The summed E-state index contributed by atoms with van der Waals surface area (Å²) in [5, 5.41) is 0.809. The van der Waals surface area contributed by atoms with Gasteiger partial charge in [0.15, 0.2) is 0 Å². The van der Waals surface area contributed by atoms with Crippen molar-refractivity contribution in [2.24, 2.45) is 5.73 Å². The van der Waals surface area contributed by atoms with Crippen molar-refractivity contribution in [1.29, 1.82) is 0 Å². The molecule has 16 heavy (non-hydrogen) atoms. The van der Waals surface area contributed by atoms with E-state index in [0.29, 0.717) is 0 Å². The molecular weight excluding hydrogens is 288 g/mol. The van der Waals surface area contributed by atoms with Gasteiger partial charge in [-0.25, -0.2) is 0 Å². The molecule has 0 radical (unpaired) electrons. The van der Waals surface area contributed by atoms with Crippen molar-refractivity contribution >= 4 is 27.5 Å². The molecule has 4 heteroatoms. The van der Waals surface area contributed by atoms with Crippen LogP contribution >= 0.6 is 27.5 Å². The third kappa shape index (κ3) is 2.28. The second-order valence-corrected chi connectivity index (χ2v) is 5.51. The number of hydrogen-bond donors (Lipinski definition) is 1. The fraction of sp³-hybridized carbons (Fsp3) is 0.500. The molecule has 2 atom stereocenters. The Hall–Kier alpha value is -0.0900. The van der Waals surface area contributed by atoms with Crippen LogP contribution in [0.2, 0.25) is 5.02 Å². The first kappa shape index (κ1) is 12.4. The van der Waals surface area contributed by atoms with E-state index in [0.717, 1.165) is 34.6 Å². The lowest BCUT2D eigenvalue weighted by Gasteiger charge is -2.26. The van der Waals surface area contributed by atoms with Crippen LogP contribution in [0.5, 0.6) is 0 Å². The molecule has 1 heterocycles. The van der Waals surface area contributed by atoms with Crippen LogP contribution in [0.1, 0.15) is 24.9 Å². The fourth-order valence-corrected chi connectivity index (χ4v) is 3.01. The van der Waals surface area contributed by atoms with Gasteiger partial charge in [0, 0.05) is 22.1 Å². The smallest absolute Gasteiger partial charge is 0.0514 e. The summed E-state index contributed by atoms with van der Waals surface area (Å²) in [6, 6.07) is 6.42. The third-order valence-corrected chi connectivity index (χ3v) is 4.07. The topological polar surface area (TPSA) is 29.3 Å². The molecule has 1 fully saturated rings. The fourth-order valence-electron chi connectivity index (χ4n) is 2.41. The molecule has 88 valence electrons. The number of nitrogens with zero attached hydrogens (tertiary/aromatic N) is 1. The normalized spacial score (nSPS) is 26.2. The molecule has 0 bridgehead atoms. The largest absolute Gasteiger partial charge is 0.326 e. The first-order valence-electron chi connectivity index (χ1n) is 5.58. The van der Waals surface area contributed by atoms with Crippen molar-refractivity contribution in [2.45, 2.75) is 25.4 Å². The monoisotopic (exact) mass is 302 g/mol. The highest BCUT2D eigenvalue weighted by Gasteiger charge is 2.33. The van der Waals surface area contributed by atoms with Gasteiger partial charge in [0.1, 0.15) is 0 Å². The Morgan fingerprint density at radius 3 is 3.00 bits per heavy atom. The van der Waals surface area contributed by atoms with E-state index in [1.54, 1.807) is 0 Å². The molecule has 1 aromatic rings. The molecule has 1 saturated heterocycles. The Kier molecular flexibility index (Phi) is 3.90. The molecule has 1 aliphatic heterocycles. The van der Waals surface area contributed by atoms with Gasteiger partial charge >= 0.3 is 0 Å². The van der Waals surface area contributed by atoms with Crippen LogP contribution in [0, 0.1) is 0 Å². The maximum absolute atomic E-state index is 6.26. The summed E-state index contributed by atoms with van der Waals surface area (Å²) in [5.41, 5.74) is 7.32. The molecule has 0 aromatic heterocycles. The molecule has 0 saturated carbocycles. The molecule has 1 aliphatic rings. The van der Waals surface area contributed by atoms with Crippen molar-refractivity contribution in [3.63, 3.8) is 0 Å². The number of hydrogen-bond acceptors (Lipinski definition) is 2. The summed E-state index contributed by atoms with van der Waals surface area (Å²) < 4.78 is 1.06. The highest BCUT2D eigenvalue weighted by molar-refractivity contribution is 9.10. The summed E-state index contributed by atoms with van der Waals surface area (Å²) in [5.74, 6) is 0. The number of benzene rings is 1. The minimum atomic E-state index is 0.187. The lowest BCUT2D eigenvalue weighted by atomic mass is 10.0. The average Bonchev–Trinajstić information content (AvgIpc) is 2.63. The Labute approximate surface area is 110 Å². The summed E-state index contributed by atoms with van der Waals surface area (Å²) in [7, 11) is 0. The zero-order valence-electron chi connectivity index (χ0n) is 9.29. The molecule has 1 aromatic carbocycles. The standard InChI is InChI=1S/C12H16BrClN2/c1-2-16-6-5-11(15)12(16)9-7-8(13)3-4-10(9)14/h3-4,7,11-12H,2,5-6,15H2,1H3. The van der Waals surface area contributed by atoms with E-state index < -0.39 is 0 Å². The van der Waals surface area contributed by atoms with Crippen LogP contribution in [0.25, 0.3) is 0 Å². The predicted octanol–water partition coefficient (Wildman–Crippen LogP) is 3.20. The van der Waals surface area contributed by atoms with Crippen molar-refractivity contribution < 1.29 is 0 Å². The average molecular weight is 304 g/mol. The van der Waals surface area contributed by atoms with E-state index >= 15 is 0 Å². The molecule has 2 unspecified atom stereocenters. The lowest BCUT2D eigenvalue weighted by molar-refractivity contribution is 0.261. The van der Waals surface area contributed by atoms with Gasteiger partial charge in [0.25, 0.3) is 0 Å². The molecule has 2 N–H and O–H groups in total. The maximum Gasteiger partial charge on any atom is 0.0514 e. The third-order valence-electron chi connectivity index (χ3n) is 3.23. The Bertz CT molecular complexity index is 383. The summed E-state index contributed by atoms with van der Waals surface area (Å²) in [6.45, 7) is 4.24. The zero-order chi connectivity index (χ0) is 11.7. The number of likely N-dealkylation sites (N-methyl/N-ethyl adjacent to an activating group) is 1. The highest BCUT2D eigenvalue weighted by atomic mass is 79.9. The van der Waals surface area contributed by atoms with Gasteiger partial charge in [-0.1, -0.05) is 34.5 Å². The highest BCUT2D eigenvalue weighted by Crippen LogP contribution is 2.36. The van der Waals surface area contributed by atoms with E-state index in [1.807, 2.05) is 12.1 Å². The molecule has 0 amide bonds. The van der Waals surface area contributed by atoms with Crippen LogP contribution < -0.4 is 5.73 Å². The van der Waals surface area contributed by atoms with E-state index in [-0.39, 0.29) is 12.1 Å². The lowest BCUT2D eigenvalue weighted by Crippen LogP contribution is -2.31. The van der Waals surface area contributed by atoms with Gasteiger partial charge in [-0.3, -0.25) is 4.90 Å². The predicted molar refractivity (Wildman–Crippen MR) is 71.7 cm³/mol. The van der Waals surface area contributed by atoms with Gasteiger partial charge in [-0.2, -0.15) is 0 Å². The number of halogens is 2. The Morgan fingerprint density at radius 2 is 2.31 bits per heavy atom. The van der Waals surface area contributed by atoms with E-state index in [9.17, 15) is 0 Å². The summed E-state index contributed by atoms with van der Waals surface area (Å²) in [6.07, 6.45) is 1.04. The first-order chi connectivity index (χ1) is 7.63. The van der Waals surface area contributed by atoms with E-state index in [1.165, 1.54) is 0 Å². The molecule has 0 aliphatic carbocycles. The molecular formula is C12H16BrClN2. The van der Waals surface area contributed by atoms with E-state index in [2.05, 4.69) is 33.8 Å². The van der Waals surface area contributed by atoms with Crippen LogP contribution in [-0.4, -0.2) is 24.0 Å². The van der Waals surface area contributed by atoms with Crippen LogP contribution in [0.4, 0.5) is 0 Å². The Balaban J connectivity index is 2.37.